The van der Waals surface area contributed by atoms with Crippen LogP contribution < -0.4 is 4.87 Å². The lowest BCUT2D eigenvalue weighted by Gasteiger charge is -2.09. The van der Waals surface area contributed by atoms with Crippen LogP contribution in [-0.4, -0.2) is 26.0 Å². The minimum absolute atomic E-state index is 0.0242. The SMILES string of the molecule is CSc1ccc(-n2ccc(C(C)c3ccc4[nH]c(=O)sc4c3)n2)nc1. The van der Waals surface area contributed by atoms with Crippen LogP contribution in [0.15, 0.2) is 58.5 Å². The van der Waals surface area contributed by atoms with E-state index in [4.69, 9.17) is 0 Å². The zero-order chi connectivity index (χ0) is 17.4. The molecule has 0 radical (unpaired) electrons. The van der Waals surface area contributed by atoms with Crippen molar-refractivity contribution >= 4 is 33.3 Å². The lowest BCUT2D eigenvalue weighted by molar-refractivity contribution is 0.778. The van der Waals surface area contributed by atoms with Gasteiger partial charge in [-0.3, -0.25) is 4.79 Å². The third-order valence-corrected chi connectivity index (χ3v) is 5.75. The maximum atomic E-state index is 11.5. The zero-order valence-corrected chi connectivity index (χ0v) is 15.4. The third kappa shape index (κ3) is 3.12. The molecule has 126 valence electrons. The van der Waals surface area contributed by atoms with E-state index in [0.717, 1.165) is 32.2 Å². The summed E-state index contributed by atoms with van der Waals surface area (Å²) in [6.07, 6.45) is 5.81. The Morgan fingerprint density at radius 2 is 2.12 bits per heavy atom. The van der Waals surface area contributed by atoms with E-state index < -0.39 is 0 Å². The van der Waals surface area contributed by atoms with Gasteiger partial charge in [0.05, 0.1) is 15.9 Å². The molecule has 25 heavy (non-hydrogen) atoms. The Morgan fingerprint density at radius 1 is 1.24 bits per heavy atom. The molecule has 0 bridgehead atoms. The van der Waals surface area contributed by atoms with Crippen LogP contribution in [0, 0.1) is 0 Å². The van der Waals surface area contributed by atoms with E-state index in [0.29, 0.717) is 0 Å². The normalized spacial score (nSPS) is 12.6. The molecule has 0 aliphatic carbocycles. The number of aromatic nitrogens is 4. The Bertz CT molecular complexity index is 1080. The summed E-state index contributed by atoms with van der Waals surface area (Å²) in [7, 11) is 0. The maximum absolute atomic E-state index is 11.5. The predicted molar refractivity (Wildman–Crippen MR) is 103 cm³/mol. The first kappa shape index (κ1) is 16.1. The van der Waals surface area contributed by atoms with Gasteiger partial charge in [0.1, 0.15) is 0 Å². The molecule has 0 saturated heterocycles. The molecule has 1 N–H and O–H groups in total. The summed E-state index contributed by atoms with van der Waals surface area (Å²) in [4.78, 5) is 19.9. The Balaban J connectivity index is 1.64. The molecular formula is C18H16N4OS2. The highest BCUT2D eigenvalue weighted by Gasteiger charge is 2.14. The van der Waals surface area contributed by atoms with Gasteiger partial charge in [0, 0.05) is 23.2 Å². The molecule has 1 aromatic carbocycles. The number of H-pyrrole nitrogens is 1. The highest BCUT2D eigenvalue weighted by molar-refractivity contribution is 7.98. The number of nitrogens with one attached hydrogen (secondary N) is 1. The van der Waals surface area contributed by atoms with Crippen molar-refractivity contribution in [2.45, 2.75) is 17.7 Å². The fourth-order valence-corrected chi connectivity index (χ4v) is 3.87. The van der Waals surface area contributed by atoms with Gasteiger partial charge in [-0.1, -0.05) is 24.3 Å². The molecule has 5 nitrogen and oxygen atoms in total. The molecule has 0 spiro atoms. The molecule has 4 aromatic rings. The van der Waals surface area contributed by atoms with E-state index in [1.165, 1.54) is 11.3 Å². The number of benzene rings is 1. The van der Waals surface area contributed by atoms with Crippen molar-refractivity contribution in [3.05, 3.63) is 69.7 Å². The van der Waals surface area contributed by atoms with Gasteiger partial charge in [0.2, 0.25) is 0 Å². The number of hydrogen-bond donors (Lipinski definition) is 1. The predicted octanol–water partition coefficient (Wildman–Crippen LogP) is 4.04. The van der Waals surface area contributed by atoms with Gasteiger partial charge in [-0.15, -0.1) is 11.8 Å². The first-order chi connectivity index (χ1) is 12.1. The van der Waals surface area contributed by atoms with Gasteiger partial charge in [-0.05, 0) is 42.2 Å². The lowest BCUT2D eigenvalue weighted by atomic mass is 9.98. The highest BCUT2D eigenvalue weighted by Crippen LogP contribution is 2.27. The molecule has 0 fully saturated rings. The van der Waals surface area contributed by atoms with Crippen molar-refractivity contribution in [3.63, 3.8) is 0 Å². The van der Waals surface area contributed by atoms with E-state index in [9.17, 15) is 4.79 Å². The monoisotopic (exact) mass is 368 g/mol. The minimum Gasteiger partial charge on any atom is -0.312 e. The van der Waals surface area contributed by atoms with Gasteiger partial charge in [-0.25, -0.2) is 9.67 Å². The topological polar surface area (TPSA) is 63.6 Å². The smallest absolute Gasteiger partial charge is 0.305 e. The second-order valence-electron chi connectivity index (χ2n) is 5.73. The van der Waals surface area contributed by atoms with E-state index in [1.807, 2.05) is 49.0 Å². The number of rotatable bonds is 4. The molecule has 0 amide bonds. The molecule has 3 heterocycles. The largest absolute Gasteiger partial charge is 0.312 e. The molecule has 4 rings (SSSR count). The third-order valence-electron chi connectivity index (χ3n) is 4.19. The van der Waals surface area contributed by atoms with E-state index in [-0.39, 0.29) is 10.8 Å². The summed E-state index contributed by atoms with van der Waals surface area (Å²) in [5.74, 6) is 0.934. The van der Waals surface area contributed by atoms with Crippen LogP contribution in [-0.2, 0) is 0 Å². The highest BCUT2D eigenvalue weighted by atomic mass is 32.2. The summed E-state index contributed by atoms with van der Waals surface area (Å²) < 4.78 is 2.77. The van der Waals surface area contributed by atoms with Crippen LogP contribution in [0.25, 0.3) is 16.0 Å². The molecule has 0 aliphatic rings. The van der Waals surface area contributed by atoms with Crippen molar-refractivity contribution in [2.24, 2.45) is 0 Å². The van der Waals surface area contributed by atoms with E-state index in [1.54, 1.807) is 16.4 Å². The number of thioether (sulfide) groups is 1. The van der Waals surface area contributed by atoms with Crippen LogP contribution in [0.3, 0.4) is 0 Å². The van der Waals surface area contributed by atoms with Gasteiger partial charge in [0.25, 0.3) is 0 Å². The second-order valence-corrected chi connectivity index (χ2v) is 7.63. The number of pyridine rings is 1. The molecule has 1 unspecified atom stereocenters. The Labute approximate surface area is 152 Å². The summed E-state index contributed by atoms with van der Waals surface area (Å²) in [6, 6.07) is 12.1. The van der Waals surface area contributed by atoms with Crippen molar-refractivity contribution in [2.75, 3.05) is 6.26 Å². The molecular weight excluding hydrogens is 352 g/mol. The van der Waals surface area contributed by atoms with E-state index >= 15 is 0 Å². The number of hydrogen-bond acceptors (Lipinski definition) is 5. The van der Waals surface area contributed by atoms with Crippen molar-refractivity contribution in [3.8, 4) is 5.82 Å². The van der Waals surface area contributed by atoms with Crippen LogP contribution in [0.4, 0.5) is 0 Å². The zero-order valence-electron chi connectivity index (χ0n) is 13.8. The number of nitrogens with zero attached hydrogens (tertiary/aromatic N) is 3. The number of aromatic amines is 1. The maximum Gasteiger partial charge on any atom is 0.305 e. The standard InChI is InChI=1S/C18H16N4OS2/c1-11(12-3-5-15-16(9-12)25-18(23)20-15)14-7-8-22(21-14)17-6-4-13(24-2)10-19-17/h3-11H,1-2H3,(H,20,23). The van der Waals surface area contributed by atoms with E-state index in [2.05, 4.69) is 28.1 Å². The van der Waals surface area contributed by atoms with Gasteiger partial charge in [0.15, 0.2) is 5.82 Å². The molecule has 0 aliphatic heterocycles. The lowest BCUT2D eigenvalue weighted by Crippen LogP contribution is -2.01. The molecule has 3 aromatic heterocycles. The van der Waals surface area contributed by atoms with Crippen LogP contribution in [0.1, 0.15) is 24.1 Å². The Kier molecular flexibility index (Phi) is 4.19. The summed E-state index contributed by atoms with van der Waals surface area (Å²) in [6.45, 7) is 2.12. The minimum atomic E-state index is -0.0242. The molecule has 0 saturated carbocycles. The summed E-state index contributed by atoms with van der Waals surface area (Å²) >= 11 is 2.90. The second kappa shape index (κ2) is 6.50. The fourth-order valence-electron chi connectivity index (χ4n) is 2.73. The Hall–Kier alpha value is -2.38. The average Bonchev–Trinajstić information content (AvgIpc) is 3.26. The van der Waals surface area contributed by atoms with Crippen molar-refractivity contribution < 1.29 is 0 Å². The average molecular weight is 368 g/mol. The van der Waals surface area contributed by atoms with Gasteiger partial charge in [-0.2, -0.15) is 5.10 Å². The fraction of sp³-hybridized carbons (Fsp3) is 0.167. The van der Waals surface area contributed by atoms with Crippen LogP contribution in [0.2, 0.25) is 0 Å². The first-order valence-electron chi connectivity index (χ1n) is 7.83. The first-order valence-corrected chi connectivity index (χ1v) is 9.87. The molecule has 1 atom stereocenters. The summed E-state index contributed by atoms with van der Waals surface area (Å²) in [5, 5.41) is 4.68. The van der Waals surface area contributed by atoms with Crippen molar-refractivity contribution in [1.82, 2.24) is 19.7 Å². The Morgan fingerprint density at radius 3 is 2.88 bits per heavy atom. The van der Waals surface area contributed by atoms with Gasteiger partial charge >= 0.3 is 4.87 Å². The van der Waals surface area contributed by atoms with Crippen molar-refractivity contribution in [1.29, 1.82) is 0 Å². The van der Waals surface area contributed by atoms with Crippen LogP contribution >= 0.6 is 23.1 Å². The number of fused-ring (bicyclic) bond motifs is 1. The van der Waals surface area contributed by atoms with Crippen LogP contribution in [0.5, 0.6) is 0 Å². The van der Waals surface area contributed by atoms with Gasteiger partial charge < -0.3 is 4.98 Å². The number of thiazole rings is 1. The quantitative estimate of drug-likeness (QED) is 0.552. The molecule has 7 heteroatoms. The summed E-state index contributed by atoms with van der Waals surface area (Å²) in [5.41, 5.74) is 2.99.